The first-order chi connectivity index (χ1) is 12.5. The average Bonchev–Trinajstić information content (AvgIpc) is 2.65. The number of amides is 1. The Balaban J connectivity index is 1.83. The fourth-order valence-corrected chi connectivity index (χ4v) is 2.27. The minimum atomic E-state index is -0.315. The van der Waals surface area contributed by atoms with Gasteiger partial charge < -0.3 is 19.6 Å². The lowest BCUT2D eigenvalue weighted by Gasteiger charge is -2.10. The van der Waals surface area contributed by atoms with Crippen LogP contribution in [0.25, 0.3) is 0 Å². The number of anilines is 1. The molecule has 0 aliphatic carbocycles. The number of benzene rings is 2. The first kappa shape index (κ1) is 19.3. The molecule has 0 radical (unpaired) electrons. The number of oxime groups is 1. The van der Waals surface area contributed by atoms with E-state index in [1.165, 1.54) is 12.7 Å². The fraction of sp³-hybridized carbons (Fsp3) is 0.300. The number of carbonyl (C=O) groups is 1. The molecule has 6 heteroatoms. The molecule has 0 unspecified atom stereocenters. The molecule has 26 heavy (non-hydrogen) atoms. The molecule has 1 amide bonds. The molecule has 6 nitrogen and oxygen atoms in total. The predicted molar refractivity (Wildman–Crippen MR) is 102 cm³/mol. The average molecular weight is 356 g/mol. The predicted octanol–water partition coefficient (Wildman–Crippen LogP) is 3.82. The molecule has 1 N–H and O–H groups in total. The normalized spacial score (nSPS) is 10.8. The maximum atomic E-state index is 11.9. The van der Waals surface area contributed by atoms with Crippen LogP contribution in [-0.2, 0) is 9.63 Å². The largest absolute Gasteiger partial charge is 0.493 e. The van der Waals surface area contributed by atoms with Gasteiger partial charge in [0.15, 0.2) is 18.1 Å². The van der Waals surface area contributed by atoms with E-state index in [2.05, 4.69) is 36.5 Å². The molecule has 0 atom stereocenters. The third-order valence-corrected chi connectivity index (χ3v) is 3.74. The summed E-state index contributed by atoms with van der Waals surface area (Å²) in [7, 11) is 3.09. The van der Waals surface area contributed by atoms with Crippen LogP contribution in [0.2, 0.25) is 0 Å². The Morgan fingerprint density at radius 2 is 1.77 bits per heavy atom. The zero-order valence-corrected chi connectivity index (χ0v) is 15.5. The highest BCUT2D eigenvalue weighted by atomic mass is 16.6. The van der Waals surface area contributed by atoms with E-state index in [1.807, 2.05) is 12.1 Å². The number of methoxy groups -OCH3 is 2. The summed E-state index contributed by atoms with van der Waals surface area (Å²) in [6.07, 6.45) is 1.58. The lowest BCUT2D eigenvalue weighted by atomic mass is 10.0. The standard InChI is InChI=1S/C20H24N2O4/c1-14(2)16-7-5-15(6-8-16)12-21-26-13-20(23)22-17-9-10-18(24-3)19(11-17)25-4/h5-12,14H,13H2,1-4H3,(H,22,23)/b21-12+. The fourth-order valence-electron chi connectivity index (χ4n) is 2.27. The number of hydrogen-bond donors (Lipinski definition) is 1. The van der Waals surface area contributed by atoms with E-state index in [0.29, 0.717) is 23.1 Å². The van der Waals surface area contributed by atoms with E-state index < -0.39 is 0 Å². The second-order valence-corrected chi connectivity index (χ2v) is 5.95. The van der Waals surface area contributed by atoms with Crippen molar-refractivity contribution in [1.82, 2.24) is 0 Å². The molecule has 0 saturated heterocycles. The van der Waals surface area contributed by atoms with Crippen LogP contribution in [0, 0.1) is 0 Å². The monoisotopic (exact) mass is 356 g/mol. The van der Waals surface area contributed by atoms with Crippen molar-refractivity contribution < 1.29 is 19.1 Å². The quantitative estimate of drug-likeness (QED) is 0.577. The SMILES string of the molecule is COc1ccc(NC(=O)CO/N=C/c2ccc(C(C)C)cc2)cc1OC. The molecule has 2 rings (SSSR count). The Bertz CT molecular complexity index is 755. The van der Waals surface area contributed by atoms with Crippen molar-refractivity contribution in [3.05, 3.63) is 53.6 Å². The van der Waals surface area contributed by atoms with Crippen molar-refractivity contribution in [3.63, 3.8) is 0 Å². The summed E-state index contributed by atoms with van der Waals surface area (Å²) in [5.74, 6) is 1.30. The van der Waals surface area contributed by atoms with Gasteiger partial charge in [-0.25, -0.2) is 0 Å². The molecule has 0 aromatic heterocycles. The van der Waals surface area contributed by atoms with Crippen LogP contribution in [0.1, 0.15) is 30.9 Å². The smallest absolute Gasteiger partial charge is 0.265 e. The minimum Gasteiger partial charge on any atom is -0.493 e. The Morgan fingerprint density at radius 1 is 1.08 bits per heavy atom. The number of hydrogen-bond acceptors (Lipinski definition) is 5. The number of nitrogens with zero attached hydrogens (tertiary/aromatic N) is 1. The molecule has 0 fully saturated rings. The van der Waals surface area contributed by atoms with Crippen LogP contribution >= 0.6 is 0 Å². The summed E-state index contributed by atoms with van der Waals surface area (Å²) in [5, 5.41) is 6.54. The topological polar surface area (TPSA) is 69.2 Å². The van der Waals surface area contributed by atoms with Gasteiger partial charge in [-0.1, -0.05) is 43.3 Å². The van der Waals surface area contributed by atoms with Crippen molar-refractivity contribution in [2.45, 2.75) is 19.8 Å². The van der Waals surface area contributed by atoms with Crippen LogP contribution in [0.15, 0.2) is 47.6 Å². The highest BCUT2D eigenvalue weighted by molar-refractivity contribution is 5.92. The second kappa shape index (κ2) is 9.46. The maximum absolute atomic E-state index is 11.9. The molecule has 0 saturated carbocycles. The minimum absolute atomic E-state index is 0.186. The first-order valence-electron chi connectivity index (χ1n) is 8.30. The summed E-state index contributed by atoms with van der Waals surface area (Å²) in [6.45, 7) is 4.10. The zero-order valence-electron chi connectivity index (χ0n) is 15.5. The van der Waals surface area contributed by atoms with Gasteiger partial charge in [0.05, 0.1) is 20.4 Å². The third-order valence-electron chi connectivity index (χ3n) is 3.74. The zero-order chi connectivity index (χ0) is 18.9. The van der Waals surface area contributed by atoms with E-state index in [9.17, 15) is 4.79 Å². The number of carbonyl (C=O) groups excluding carboxylic acids is 1. The highest BCUT2D eigenvalue weighted by Gasteiger charge is 2.07. The van der Waals surface area contributed by atoms with Crippen LogP contribution in [-0.4, -0.2) is 32.9 Å². The van der Waals surface area contributed by atoms with Crippen molar-refractivity contribution in [3.8, 4) is 11.5 Å². The van der Waals surface area contributed by atoms with Crippen molar-refractivity contribution in [1.29, 1.82) is 0 Å². The number of rotatable bonds is 8. The molecule has 0 bridgehead atoms. The van der Waals surface area contributed by atoms with Gasteiger partial charge in [-0.05, 0) is 29.2 Å². The van der Waals surface area contributed by atoms with Gasteiger partial charge in [-0.2, -0.15) is 0 Å². The third kappa shape index (κ3) is 5.51. The first-order valence-corrected chi connectivity index (χ1v) is 8.30. The summed E-state index contributed by atoms with van der Waals surface area (Å²) in [6, 6.07) is 13.1. The molecule has 0 heterocycles. The van der Waals surface area contributed by atoms with Crippen LogP contribution in [0.3, 0.4) is 0 Å². The van der Waals surface area contributed by atoms with Crippen LogP contribution < -0.4 is 14.8 Å². The molecule has 0 aliphatic rings. The molecule has 0 spiro atoms. The van der Waals surface area contributed by atoms with Gasteiger partial charge in [0.25, 0.3) is 5.91 Å². The van der Waals surface area contributed by atoms with E-state index >= 15 is 0 Å². The van der Waals surface area contributed by atoms with Crippen molar-refractivity contribution in [2.75, 3.05) is 26.1 Å². The summed E-state index contributed by atoms with van der Waals surface area (Å²) in [4.78, 5) is 17.0. The number of nitrogens with one attached hydrogen (secondary N) is 1. The second-order valence-electron chi connectivity index (χ2n) is 5.95. The van der Waals surface area contributed by atoms with E-state index in [1.54, 1.807) is 31.5 Å². The molecular formula is C20H24N2O4. The van der Waals surface area contributed by atoms with Gasteiger partial charge in [-0.3, -0.25) is 4.79 Å². The van der Waals surface area contributed by atoms with E-state index in [0.717, 1.165) is 5.56 Å². The Labute approximate surface area is 153 Å². The van der Waals surface area contributed by atoms with E-state index in [-0.39, 0.29) is 12.5 Å². The lowest BCUT2D eigenvalue weighted by molar-refractivity contribution is -0.120. The van der Waals surface area contributed by atoms with Crippen molar-refractivity contribution >= 4 is 17.8 Å². The van der Waals surface area contributed by atoms with Gasteiger partial charge in [0.1, 0.15) is 0 Å². The summed E-state index contributed by atoms with van der Waals surface area (Å²) < 4.78 is 10.4. The molecular weight excluding hydrogens is 332 g/mol. The summed E-state index contributed by atoms with van der Waals surface area (Å²) >= 11 is 0. The van der Waals surface area contributed by atoms with Gasteiger partial charge in [-0.15, -0.1) is 0 Å². The highest BCUT2D eigenvalue weighted by Crippen LogP contribution is 2.29. The molecule has 138 valence electrons. The van der Waals surface area contributed by atoms with Gasteiger partial charge in [0, 0.05) is 11.8 Å². The Hall–Kier alpha value is -3.02. The van der Waals surface area contributed by atoms with Crippen LogP contribution in [0.4, 0.5) is 5.69 Å². The molecule has 2 aromatic carbocycles. The number of ether oxygens (including phenoxy) is 2. The van der Waals surface area contributed by atoms with Gasteiger partial charge >= 0.3 is 0 Å². The molecule has 0 aliphatic heterocycles. The van der Waals surface area contributed by atoms with Gasteiger partial charge in [0.2, 0.25) is 0 Å². The molecule has 2 aromatic rings. The lowest BCUT2D eigenvalue weighted by Crippen LogP contribution is -2.17. The maximum Gasteiger partial charge on any atom is 0.265 e. The van der Waals surface area contributed by atoms with E-state index in [4.69, 9.17) is 14.3 Å². The Kier molecular flexibility index (Phi) is 7.02. The summed E-state index contributed by atoms with van der Waals surface area (Å²) in [5.41, 5.74) is 2.76. The van der Waals surface area contributed by atoms with Crippen LogP contribution in [0.5, 0.6) is 11.5 Å². The Morgan fingerprint density at radius 3 is 2.38 bits per heavy atom. The van der Waals surface area contributed by atoms with Crippen molar-refractivity contribution in [2.24, 2.45) is 5.16 Å².